The van der Waals surface area contributed by atoms with E-state index in [2.05, 4.69) is 26.5 Å². The van der Waals surface area contributed by atoms with Crippen molar-refractivity contribution in [1.82, 2.24) is 5.43 Å². The van der Waals surface area contributed by atoms with E-state index in [1.54, 1.807) is 30.3 Å². The number of nitrogens with one attached hydrogen (secondary N) is 1. The normalized spacial score (nSPS) is 11.0. The third-order valence-electron chi connectivity index (χ3n) is 3.60. The highest BCUT2D eigenvalue weighted by molar-refractivity contribution is 9.10. The van der Waals surface area contributed by atoms with E-state index in [9.17, 15) is 4.79 Å². The summed E-state index contributed by atoms with van der Waals surface area (Å²) in [6.45, 7) is 0.248. The van der Waals surface area contributed by atoms with Crippen molar-refractivity contribution < 1.29 is 13.9 Å². The summed E-state index contributed by atoms with van der Waals surface area (Å²) in [6.07, 6.45) is 1.59. The van der Waals surface area contributed by atoms with Crippen LogP contribution in [0, 0.1) is 0 Å². The molecule has 144 valence electrons. The van der Waals surface area contributed by atoms with Crippen LogP contribution in [-0.2, 0) is 4.79 Å². The van der Waals surface area contributed by atoms with Crippen LogP contribution < -0.4 is 10.2 Å². The lowest BCUT2D eigenvalue weighted by Gasteiger charge is -2.05. The van der Waals surface area contributed by atoms with Crippen molar-refractivity contribution in [3.05, 3.63) is 74.9 Å². The van der Waals surface area contributed by atoms with E-state index in [0.29, 0.717) is 27.3 Å². The molecule has 3 rings (SSSR count). The molecule has 0 aliphatic carbocycles. The number of halogens is 3. The van der Waals surface area contributed by atoms with Gasteiger partial charge in [0.15, 0.2) is 0 Å². The molecular weight excluding hydrogens is 467 g/mol. The lowest BCUT2D eigenvalue weighted by Crippen LogP contribution is -2.19. The zero-order valence-electron chi connectivity index (χ0n) is 14.5. The molecule has 2 aromatic carbocycles. The number of rotatable bonds is 7. The maximum atomic E-state index is 11.8. The first-order valence-corrected chi connectivity index (χ1v) is 9.82. The Labute approximate surface area is 180 Å². The summed E-state index contributed by atoms with van der Waals surface area (Å²) in [5.74, 6) is 1.48. The molecule has 1 heterocycles. The van der Waals surface area contributed by atoms with Gasteiger partial charge in [0.2, 0.25) is 5.91 Å². The van der Waals surface area contributed by atoms with Crippen molar-refractivity contribution >= 4 is 51.3 Å². The van der Waals surface area contributed by atoms with Gasteiger partial charge < -0.3 is 9.15 Å². The van der Waals surface area contributed by atoms with Crippen LogP contribution in [0.2, 0.25) is 10.0 Å². The maximum Gasteiger partial charge on any atom is 0.243 e. The van der Waals surface area contributed by atoms with Gasteiger partial charge in [-0.3, -0.25) is 4.79 Å². The molecule has 28 heavy (non-hydrogen) atoms. The number of hydrogen-bond donors (Lipinski definition) is 1. The molecule has 0 aliphatic heterocycles. The molecule has 8 heteroatoms. The molecule has 0 spiro atoms. The number of carbonyl (C=O) groups excluding carboxylic acids is 1. The van der Waals surface area contributed by atoms with Crippen LogP contribution in [0.5, 0.6) is 5.75 Å². The minimum Gasteiger partial charge on any atom is -0.493 e. The quantitative estimate of drug-likeness (QED) is 0.335. The monoisotopic (exact) mass is 480 g/mol. The highest BCUT2D eigenvalue weighted by Crippen LogP contribution is 2.31. The Morgan fingerprint density at radius 2 is 2.04 bits per heavy atom. The van der Waals surface area contributed by atoms with E-state index in [0.717, 1.165) is 10.0 Å². The van der Waals surface area contributed by atoms with E-state index in [-0.39, 0.29) is 18.9 Å². The molecule has 3 aromatic rings. The molecule has 0 atom stereocenters. The fraction of sp³-hybridized carbons (Fsp3) is 0.100. The number of hydrogen-bond acceptors (Lipinski definition) is 4. The summed E-state index contributed by atoms with van der Waals surface area (Å²) < 4.78 is 12.1. The molecule has 0 unspecified atom stereocenters. The Bertz CT molecular complexity index is 1000. The summed E-state index contributed by atoms with van der Waals surface area (Å²) in [7, 11) is 0. The first-order chi connectivity index (χ1) is 13.5. The van der Waals surface area contributed by atoms with Gasteiger partial charge in [-0.15, -0.1) is 0 Å². The zero-order valence-corrected chi connectivity index (χ0v) is 17.6. The largest absolute Gasteiger partial charge is 0.493 e. The highest BCUT2D eigenvalue weighted by Gasteiger charge is 2.08. The lowest BCUT2D eigenvalue weighted by molar-refractivity contribution is -0.121. The molecule has 0 fully saturated rings. The van der Waals surface area contributed by atoms with E-state index in [1.807, 2.05) is 24.3 Å². The van der Waals surface area contributed by atoms with Gasteiger partial charge in [-0.2, -0.15) is 5.10 Å². The predicted molar refractivity (Wildman–Crippen MR) is 114 cm³/mol. The van der Waals surface area contributed by atoms with Gasteiger partial charge in [-0.1, -0.05) is 45.2 Å². The fourth-order valence-electron chi connectivity index (χ4n) is 2.30. The average molecular weight is 482 g/mol. The first-order valence-electron chi connectivity index (χ1n) is 8.27. The first kappa shape index (κ1) is 20.5. The molecule has 0 radical (unpaired) electrons. The van der Waals surface area contributed by atoms with Crippen LogP contribution in [0.3, 0.4) is 0 Å². The summed E-state index contributed by atoms with van der Waals surface area (Å²) in [5, 5.41) is 4.93. The standard InChI is InChI=1S/C20H15BrCl2N2O3/c21-13-2-1-3-15(10-13)27-9-8-20(26)25-24-12-16-5-7-19(28-16)17-6-4-14(22)11-18(17)23/h1-7,10-12H,8-9H2,(H,25,26)/b24-12+. The van der Waals surface area contributed by atoms with Crippen LogP contribution in [0.4, 0.5) is 0 Å². The Morgan fingerprint density at radius 3 is 2.82 bits per heavy atom. The van der Waals surface area contributed by atoms with Crippen molar-refractivity contribution in [2.24, 2.45) is 5.10 Å². The number of hydrazone groups is 1. The average Bonchev–Trinajstić information content (AvgIpc) is 3.10. The minimum absolute atomic E-state index is 0.174. The molecular formula is C20H15BrCl2N2O3. The van der Waals surface area contributed by atoms with Crippen LogP contribution >= 0.6 is 39.1 Å². The molecule has 0 bridgehead atoms. The highest BCUT2D eigenvalue weighted by atomic mass is 79.9. The second-order valence-corrected chi connectivity index (χ2v) is 7.43. The maximum absolute atomic E-state index is 11.8. The third kappa shape index (κ3) is 5.86. The van der Waals surface area contributed by atoms with Gasteiger partial charge in [0.25, 0.3) is 0 Å². The summed E-state index contributed by atoms with van der Waals surface area (Å²) in [5.41, 5.74) is 3.16. The molecule has 1 N–H and O–H groups in total. The number of nitrogens with zero attached hydrogens (tertiary/aromatic N) is 1. The number of ether oxygens (including phenoxy) is 1. The second kappa shape index (κ2) is 9.78. The van der Waals surface area contributed by atoms with Crippen LogP contribution in [0.1, 0.15) is 12.2 Å². The van der Waals surface area contributed by atoms with Crippen LogP contribution in [-0.4, -0.2) is 18.7 Å². The Kier molecular flexibility index (Phi) is 7.14. The number of benzene rings is 2. The topological polar surface area (TPSA) is 63.8 Å². The number of amides is 1. The van der Waals surface area contributed by atoms with Gasteiger partial charge in [-0.05, 0) is 48.5 Å². The van der Waals surface area contributed by atoms with Gasteiger partial charge >= 0.3 is 0 Å². The van der Waals surface area contributed by atoms with E-state index >= 15 is 0 Å². The van der Waals surface area contributed by atoms with Crippen LogP contribution in [0.25, 0.3) is 11.3 Å². The SMILES string of the molecule is O=C(CCOc1cccc(Br)c1)N/N=C/c1ccc(-c2ccc(Cl)cc2Cl)o1. The van der Waals surface area contributed by atoms with Crippen LogP contribution in [0.15, 0.2) is 68.6 Å². The molecule has 0 saturated heterocycles. The van der Waals surface area contributed by atoms with Crippen molar-refractivity contribution in [1.29, 1.82) is 0 Å². The van der Waals surface area contributed by atoms with E-state index in [1.165, 1.54) is 6.21 Å². The summed E-state index contributed by atoms with van der Waals surface area (Å²) >= 11 is 15.4. The fourth-order valence-corrected chi connectivity index (χ4v) is 3.18. The number of carbonyl (C=O) groups is 1. The van der Waals surface area contributed by atoms with Gasteiger partial charge in [0, 0.05) is 15.1 Å². The lowest BCUT2D eigenvalue weighted by atomic mass is 10.2. The van der Waals surface area contributed by atoms with Gasteiger partial charge in [0.1, 0.15) is 17.3 Å². The Balaban J connectivity index is 1.48. The minimum atomic E-state index is -0.265. The number of furan rings is 1. The molecule has 1 amide bonds. The predicted octanol–water partition coefficient (Wildman–Crippen LogP) is 5.94. The third-order valence-corrected chi connectivity index (χ3v) is 4.64. The Morgan fingerprint density at radius 1 is 1.18 bits per heavy atom. The van der Waals surface area contributed by atoms with Gasteiger partial charge in [0.05, 0.1) is 24.3 Å². The van der Waals surface area contributed by atoms with Crippen molar-refractivity contribution in [3.8, 4) is 17.1 Å². The van der Waals surface area contributed by atoms with Gasteiger partial charge in [-0.25, -0.2) is 5.43 Å². The van der Waals surface area contributed by atoms with Crippen molar-refractivity contribution in [2.75, 3.05) is 6.61 Å². The van der Waals surface area contributed by atoms with Crippen molar-refractivity contribution in [3.63, 3.8) is 0 Å². The van der Waals surface area contributed by atoms with E-state index < -0.39 is 0 Å². The Hall–Kier alpha value is -2.28. The summed E-state index contributed by atoms with van der Waals surface area (Å²) in [6, 6.07) is 16.1. The van der Waals surface area contributed by atoms with Crippen molar-refractivity contribution in [2.45, 2.75) is 6.42 Å². The summed E-state index contributed by atoms with van der Waals surface area (Å²) in [4.78, 5) is 11.8. The zero-order chi connectivity index (χ0) is 19.9. The smallest absolute Gasteiger partial charge is 0.243 e. The molecule has 1 aromatic heterocycles. The molecule has 5 nitrogen and oxygen atoms in total. The molecule has 0 aliphatic rings. The second-order valence-electron chi connectivity index (χ2n) is 5.68. The molecule has 0 saturated carbocycles. The van der Waals surface area contributed by atoms with E-state index in [4.69, 9.17) is 32.4 Å².